The van der Waals surface area contributed by atoms with Crippen LogP contribution in [0, 0.1) is 6.92 Å². The maximum atomic E-state index is 5.79. The topological polar surface area (TPSA) is 43.8 Å². The number of thiophene rings is 1. The van der Waals surface area contributed by atoms with Crippen LogP contribution in [0.5, 0.6) is 0 Å². The Morgan fingerprint density at radius 2 is 2.40 bits per heavy atom. The molecule has 0 spiro atoms. The molecule has 0 fully saturated rings. The second kappa shape index (κ2) is 4.47. The number of nitrogens with two attached hydrogens (primary N) is 1. The molecule has 0 aromatic carbocycles. The van der Waals surface area contributed by atoms with Crippen molar-refractivity contribution in [2.45, 2.75) is 13.0 Å². The molecule has 0 radical (unpaired) electrons. The molecule has 2 N–H and O–H groups in total. The van der Waals surface area contributed by atoms with E-state index in [1.165, 1.54) is 9.75 Å². The molecule has 80 valence electrons. The maximum Gasteiger partial charge on any atom is 0.0982 e. The number of hydrogen-bond donors (Lipinski definition) is 1. The molecule has 5 heteroatoms. The van der Waals surface area contributed by atoms with Crippen LogP contribution in [0.25, 0.3) is 0 Å². The Bertz CT molecular complexity index is 409. The zero-order valence-electron chi connectivity index (χ0n) is 8.35. The van der Waals surface area contributed by atoms with E-state index in [1.54, 1.807) is 17.5 Å². The molecule has 0 aliphatic rings. The first-order valence-corrected chi connectivity index (χ1v) is 6.27. The van der Waals surface area contributed by atoms with Crippen LogP contribution in [0.1, 0.15) is 15.8 Å². The molecule has 0 saturated carbocycles. The lowest BCUT2D eigenvalue weighted by Crippen LogP contribution is -2.19. The molecular formula is C10H12BrN3S. The van der Waals surface area contributed by atoms with Gasteiger partial charge >= 0.3 is 0 Å². The standard InChI is InChI=1S/C10H12BrN3S/c1-7-2-3-10(15-7)9(4-12)14-6-8(11)5-13-14/h2-3,5-6,9H,4,12H2,1H3. The van der Waals surface area contributed by atoms with Gasteiger partial charge in [0.25, 0.3) is 0 Å². The fourth-order valence-electron chi connectivity index (χ4n) is 1.47. The van der Waals surface area contributed by atoms with E-state index in [0.29, 0.717) is 6.54 Å². The van der Waals surface area contributed by atoms with Gasteiger partial charge in [0.2, 0.25) is 0 Å². The minimum atomic E-state index is 0.148. The molecule has 2 aromatic rings. The van der Waals surface area contributed by atoms with Crippen molar-refractivity contribution in [3.8, 4) is 0 Å². The van der Waals surface area contributed by atoms with Crippen LogP contribution in [0.2, 0.25) is 0 Å². The third-order valence-electron chi connectivity index (χ3n) is 2.20. The number of aromatic nitrogens is 2. The lowest BCUT2D eigenvalue weighted by molar-refractivity contribution is 0.539. The zero-order chi connectivity index (χ0) is 10.8. The van der Waals surface area contributed by atoms with Crippen LogP contribution in [-0.4, -0.2) is 16.3 Å². The Morgan fingerprint density at radius 1 is 1.60 bits per heavy atom. The maximum absolute atomic E-state index is 5.79. The normalized spacial score (nSPS) is 13.0. The predicted molar refractivity (Wildman–Crippen MR) is 66.2 cm³/mol. The molecule has 2 aromatic heterocycles. The molecule has 0 aliphatic carbocycles. The summed E-state index contributed by atoms with van der Waals surface area (Å²) in [5.41, 5.74) is 5.79. The molecule has 2 rings (SSSR count). The molecule has 2 heterocycles. The molecule has 3 nitrogen and oxygen atoms in total. The van der Waals surface area contributed by atoms with Crippen molar-refractivity contribution in [2.75, 3.05) is 6.54 Å². The van der Waals surface area contributed by atoms with Crippen LogP contribution >= 0.6 is 27.3 Å². The van der Waals surface area contributed by atoms with Gasteiger partial charge in [-0.1, -0.05) is 0 Å². The molecule has 0 amide bonds. The average molecular weight is 286 g/mol. The Balaban J connectivity index is 2.32. The van der Waals surface area contributed by atoms with Gasteiger partial charge < -0.3 is 5.73 Å². The van der Waals surface area contributed by atoms with Gasteiger partial charge in [-0.25, -0.2) is 0 Å². The molecule has 1 atom stereocenters. The zero-order valence-corrected chi connectivity index (χ0v) is 10.8. The SMILES string of the molecule is Cc1ccc(C(CN)n2cc(Br)cn2)s1. The fourth-order valence-corrected chi connectivity index (χ4v) is 2.76. The van der Waals surface area contributed by atoms with E-state index in [-0.39, 0.29) is 6.04 Å². The Kier molecular flexibility index (Phi) is 3.23. The number of hydrogen-bond acceptors (Lipinski definition) is 3. The first-order chi connectivity index (χ1) is 7.20. The van der Waals surface area contributed by atoms with E-state index in [0.717, 1.165) is 4.47 Å². The second-order valence-electron chi connectivity index (χ2n) is 3.34. The van der Waals surface area contributed by atoms with Crippen molar-refractivity contribution < 1.29 is 0 Å². The summed E-state index contributed by atoms with van der Waals surface area (Å²) >= 11 is 5.16. The van der Waals surface area contributed by atoms with Gasteiger partial charge in [-0.05, 0) is 35.0 Å². The first-order valence-electron chi connectivity index (χ1n) is 4.67. The highest BCUT2D eigenvalue weighted by atomic mass is 79.9. The van der Waals surface area contributed by atoms with E-state index in [2.05, 4.69) is 40.1 Å². The highest BCUT2D eigenvalue weighted by Gasteiger charge is 2.14. The van der Waals surface area contributed by atoms with Gasteiger partial charge in [0.05, 0.1) is 16.7 Å². The number of rotatable bonds is 3. The molecule has 15 heavy (non-hydrogen) atoms. The molecule has 0 aliphatic heterocycles. The monoisotopic (exact) mass is 285 g/mol. The van der Waals surface area contributed by atoms with Crippen LogP contribution in [0.15, 0.2) is 29.0 Å². The summed E-state index contributed by atoms with van der Waals surface area (Å²) in [5.74, 6) is 0. The Hall–Kier alpha value is -0.650. The Labute approximate surface area is 101 Å². The third-order valence-corrected chi connectivity index (χ3v) is 3.71. The van der Waals surface area contributed by atoms with Gasteiger partial charge in [0.15, 0.2) is 0 Å². The van der Waals surface area contributed by atoms with Gasteiger partial charge in [0.1, 0.15) is 0 Å². The van der Waals surface area contributed by atoms with Crippen LogP contribution in [-0.2, 0) is 0 Å². The largest absolute Gasteiger partial charge is 0.328 e. The van der Waals surface area contributed by atoms with Crippen molar-refractivity contribution in [3.63, 3.8) is 0 Å². The van der Waals surface area contributed by atoms with Crippen LogP contribution in [0.3, 0.4) is 0 Å². The van der Waals surface area contributed by atoms with Gasteiger partial charge in [-0.2, -0.15) is 5.10 Å². The third kappa shape index (κ3) is 2.30. The Morgan fingerprint density at radius 3 is 2.87 bits per heavy atom. The van der Waals surface area contributed by atoms with Crippen molar-refractivity contribution in [1.82, 2.24) is 9.78 Å². The minimum Gasteiger partial charge on any atom is -0.328 e. The molecule has 1 unspecified atom stereocenters. The lowest BCUT2D eigenvalue weighted by Gasteiger charge is -2.13. The number of nitrogens with zero attached hydrogens (tertiary/aromatic N) is 2. The summed E-state index contributed by atoms with van der Waals surface area (Å²) in [7, 11) is 0. The highest BCUT2D eigenvalue weighted by molar-refractivity contribution is 9.10. The van der Waals surface area contributed by atoms with E-state index >= 15 is 0 Å². The van der Waals surface area contributed by atoms with E-state index in [9.17, 15) is 0 Å². The summed E-state index contributed by atoms with van der Waals surface area (Å²) in [4.78, 5) is 2.56. The molecular weight excluding hydrogens is 274 g/mol. The average Bonchev–Trinajstić information content (AvgIpc) is 2.78. The number of aryl methyl sites for hydroxylation is 1. The van der Waals surface area contributed by atoms with Crippen LogP contribution in [0.4, 0.5) is 0 Å². The van der Waals surface area contributed by atoms with E-state index < -0.39 is 0 Å². The van der Waals surface area contributed by atoms with E-state index in [1.807, 2.05) is 10.9 Å². The summed E-state index contributed by atoms with van der Waals surface area (Å²) in [6, 6.07) is 4.38. The van der Waals surface area contributed by atoms with Gasteiger partial charge in [0, 0.05) is 22.5 Å². The minimum absolute atomic E-state index is 0.148. The van der Waals surface area contributed by atoms with Gasteiger partial charge in [-0.15, -0.1) is 11.3 Å². The summed E-state index contributed by atoms with van der Waals surface area (Å²) in [6.07, 6.45) is 3.73. The van der Waals surface area contributed by atoms with Gasteiger partial charge in [-0.3, -0.25) is 4.68 Å². The smallest absolute Gasteiger partial charge is 0.0982 e. The van der Waals surface area contributed by atoms with Crippen molar-refractivity contribution in [2.24, 2.45) is 5.73 Å². The summed E-state index contributed by atoms with van der Waals surface area (Å²) in [6.45, 7) is 2.66. The summed E-state index contributed by atoms with van der Waals surface area (Å²) < 4.78 is 2.88. The molecule has 0 saturated heterocycles. The van der Waals surface area contributed by atoms with E-state index in [4.69, 9.17) is 5.73 Å². The first kappa shape index (κ1) is 10.9. The van der Waals surface area contributed by atoms with Crippen molar-refractivity contribution >= 4 is 27.3 Å². The fraction of sp³-hybridized carbons (Fsp3) is 0.300. The van der Waals surface area contributed by atoms with Crippen LogP contribution < -0.4 is 5.73 Å². The van der Waals surface area contributed by atoms with Crippen molar-refractivity contribution in [1.29, 1.82) is 0 Å². The quantitative estimate of drug-likeness (QED) is 0.942. The summed E-state index contributed by atoms with van der Waals surface area (Å²) in [5, 5.41) is 4.27. The molecule has 0 bridgehead atoms. The van der Waals surface area contributed by atoms with Crippen molar-refractivity contribution in [3.05, 3.63) is 38.8 Å². The predicted octanol–water partition coefficient (Wildman–Crippen LogP) is 2.56. The number of halogens is 1. The highest BCUT2D eigenvalue weighted by Crippen LogP contribution is 2.25. The lowest BCUT2D eigenvalue weighted by atomic mass is 10.2. The second-order valence-corrected chi connectivity index (χ2v) is 5.57.